The Morgan fingerprint density at radius 3 is 2.77 bits per heavy atom. The number of benzene rings is 1. The van der Waals surface area contributed by atoms with Crippen LogP contribution in [0.5, 0.6) is 5.75 Å². The van der Waals surface area contributed by atoms with Crippen molar-refractivity contribution in [2.45, 2.75) is 26.0 Å². The molecule has 2 unspecified atom stereocenters. The molecule has 1 saturated heterocycles. The van der Waals surface area contributed by atoms with Gasteiger partial charge in [-0.3, -0.25) is 4.90 Å². The average molecular weight is 303 g/mol. The highest BCUT2D eigenvalue weighted by molar-refractivity contribution is 5.53. The van der Waals surface area contributed by atoms with Crippen molar-refractivity contribution < 1.29 is 14.3 Å². The van der Waals surface area contributed by atoms with Crippen molar-refractivity contribution in [1.82, 2.24) is 15.1 Å². The second-order valence-corrected chi connectivity index (χ2v) is 5.80. The van der Waals surface area contributed by atoms with E-state index in [9.17, 15) is 5.11 Å². The number of β-amino-alcohol motifs (C(OH)–C–C–N with tert-alkyl or cyclic N) is 1. The lowest BCUT2D eigenvalue weighted by Crippen LogP contribution is -2.42. The second kappa shape index (κ2) is 6.46. The number of methoxy groups -OCH3 is 1. The fourth-order valence-electron chi connectivity index (χ4n) is 2.62. The fourth-order valence-corrected chi connectivity index (χ4v) is 2.62. The van der Waals surface area contributed by atoms with Gasteiger partial charge in [-0.2, -0.15) is 0 Å². The number of ether oxygens (including phenoxy) is 1. The van der Waals surface area contributed by atoms with E-state index in [1.165, 1.54) is 0 Å². The summed E-state index contributed by atoms with van der Waals surface area (Å²) >= 11 is 0. The van der Waals surface area contributed by atoms with Crippen molar-refractivity contribution >= 4 is 0 Å². The summed E-state index contributed by atoms with van der Waals surface area (Å²) in [6, 6.07) is 7.51. The van der Waals surface area contributed by atoms with E-state index in [4.69, 9.17) is 9.15 Å². The molecule has 6 heteroatoms. The van der Waals surface area contributed by atoms with Crippen LogP contribution in [0.1, 0.15) is 19.2 Å². The van der Waals surface area contributed by atoms with Gasteiger partial charge in [0.15, 0.2) is 0 Å². The number of aliphatic hydroxyl groups excluding tert-OH is 1. The molecule has 1 aromatic carbocycles. The lowest BCUT2D eigenvalue weighted by Gasteiger charge is -2.33. The van der Waals surface area contributed by atoms with Crippen LogP contribution >= 0.6 is 0 Å². The monoisotopic (exact) mass is 303 g/mol. The van der Waals surface area contributed by atoms with E-state index in [-0.39, 0.29) is 6.10 Å². The zero-order chi connectivity index (χ0) is 15.5. The van der Waals surface area contributed by atoms with Crippen LogP contribution in [0.4, 0.5) is 0 Å². The molecule has 1 aliphatic rings. The molecule has 2 aromatic rings. The molecule has 2 heterocycles. The molecule has 118 valence electrons. The molecule has 1 aliphatic heterocycles. The average Bonchev–Trinajstić information content (AvgIpc) is 2.99. The summed E-state index contributed by atoms with van der Waals surface area (Å²) in [4.78, 5) is 2.15. The molecule has 2 atom stereocenters. The predicted molar refractivity (Wildman–Crippen MR) is 81.4 cm³/mol. The molecule has 0 amide bonds. The molecule has 1 N–H and O–H groups in total. The first-order valence-corrected chi connectivity index (χ1v) is 7.53. The molecule has 1 aromatic heterocycles. The van der Waals surface area contributed by atoms with Crippen molar-refractivity contribution in [3.8, 4) is 17.2 Å². The first-order chi connectivity index (χ1) is 10.7. The van der Waals surface area contributed by atoms with Crippen LogP contribution in [0.15, 0.2) is 28.7 Å². The van der Waals surface area contributed by atoms with E-state index in [1.807, 2.05) is 24.3 Å². The van der Waals surface area contributed by atoms with Crippen molar-refractivity contribution in [3.63, 3.8) is 0 Å². The third kappa shape index (κ3) is 3.28. The number of hydrogen-bond donors (Lipinski definition) is 1. The highest BCUT2D eigenvalue weighted by atomic mass is 16.5. The van der Waals surface area contributed by atoms with Gasteiger partial charge in [0.05, 0.1) is 19.8 Å². The van der Waals surface area contributed by atoms with Gasteiger partial charge in [-0.1, -0.05) is 6.92 Å². The number of aliphatic hydroxyl groups is 1. The van der Waals surface area contributed by atoms with Gasteiger partial charge in [-0.25, -0.2) is 0 Å². The highest BCUT2D eigenvalue weighted by Crippen LogP contribution is 2.23. The lowest BCUT2D eigenvalue weighted by molar-refractivity contribution is 0.0228. The van der Waals surface area contributed by atoms with Crippen LogP contribution in [0.3, 0.4) is 0 Å². The Morgan fingerprint density at radius 2 is 2.09 bits per heavy atom. The van der Waals surface area contributed by atoms with Crippen LogP contribution < -0.4 is 4.74 Å². The number of piperidine rings is 1. The molecular formula is C16H21N3O3. The van der Waals surface area contributed by atoms with Gasteiger partial charge >= 0.3 is 0 Å². The van der Waals surface area contributed by atoms with Crippen LogP contribution in [0.25, 0.3) is 11.5 Å². The summed E-state index contributed by atoms with van der Waals surface area (Å²) in [5, 5.41) is 18.1. The van der Waals surface area contributed by atoms with Gasteiger partial charge in [0, 0.05) is 12.1 Å². The lowest BCUT2D eigenvalue weighted by atomic mass is 9.96. The van der Waals surface area contributed by atoms with Gasteiger partial charge < -0.3 is 14.3 Å². The van der Waals surface area contributed by atoms with Crippen LogP contribution in [0.2, 0.25) is 0 Å². The summed E-state index contributed by atoms with van der Waals surface area (Å²) < 4.78 is 10.9. The molecule has 22 heavy (non-hydrogen) atoms. The minimum absolute atomic E-state index is 0.280. The SMILES string of the molecule is COc1ccc(-c2nnc(CN3CCC(C)C(O)C3)o2)cc1. The minimum Gasteiger partial charge on any atom is -0.497 e. The predicted octanol–water partition coefficient (Wildman–Crippen LogP) is 1.95. The third-order valence-corrected chi connectivity index (χ3v) is 4.17. The van der Waals surface area contributed by atoms with Crippen LogP contribution in [-0.2, 0) is 6.54 Å². The number of likely N-dealkylation sites (tertiary alicyclic amines) is 1. The van der Waals surface area contributed by atoms with E-state index in [2.05, 4.69) is 22.0 Å². The Kier molecular flexibility index (Phi) is 4.40. The normalized spacial score (nSPS) is 22.7. The van der Waals surface area contributed by atoms with Crippen molar-refractivity contribution in [2.24, 2.45) is 5.92 Å². The Morgan fingerprint density at radius 1 is 1.32 bits per heavy atom. The fraction of sp³-hybridized carbons (Fsp3) is 0.500. The Labute approximate surface area is 129 Å². The molecule has 0 bridgehead atoms. The number of nitrogens with zero attached hydrogens (tertiary/aromatic N) is 3. The maximum atomic E-state index is 9.94. The smallest absolute Gasteiger partial charge is 0.247 e. The van der Waals surface area contributed by atoms with E-state index in [0.717, 1.165) is 24.3 Å². The van der Waals surface area contributed by atoms with Crippen LogP contribution in [-0.4, -0.2) is 46.5 Å². The molecule has 6 nitrogen and oxygen atoms in total. The summed E-state index contributed by atoms with van der Waals surface area (Å²) in [5.41, 5.74) is 0.867. The zero-order valence-electron chi connectivity index (χ0n) is 12.9. The maximum absolute atomic E-state index is 9.94. The zero-order valence-corrected chi connectivity index (χ0v) is 12.9. The van der Waals surface area contributed by atoms with Gasteiger partial charge in [-0.15, -0.1) is 10.2 Å². The highest BCUT2D eigenvalue weighted by Gasteiger charge is 2.25. The number of aromatic nitrogens is 2. The summed E-state index contributed by atoms with van der Waals surface area (Å²) in [5.74, 6) is 2.23. The first kappa shape index (κ1) is 15.0. The summed E-state index contributed by atoms with van der Waals surface area (Å²) in [7, 11) is 1.63. The number of rotatable bonds is 4. The molecule has 0 saturated carbocycles. The quantitative estimate of drug-likeness (QED) is 0.931. The summed E-state index contributed by atoms with van der Waals surface area (Å²) in [6.45, 7) is 4.25. The first-order valence-electron chi connectivity index (χ1n) is 7.53. The Bertz CT molecular complexity index is 611. The molecule has 1 fully saturated rings. The minimum atomic E-state index is -0.280. The van der Waals surface area contributed by atoms with Gasteiger partial charge in [0.2, 0.25) is 11.8 Å². The van der Waals surface area contributed by atoms with Crippen molar-refractivity contribution in [3.05, 3.63) is 30.2 Å². The Balaban J connectivity index is 1.65. The van der Waals surface area contributed by atoms with Crippen molar-refractivity contribution in [1.29, 1.82) is 0 Å². The van der Waals surface area contributed by atoms with Crippen molar-refractivity contribution in [2.75, 3.05) is 20.2 Å². The molecule has 0 spiro atoms. The van der Waals surface area contributed by atoms with E-state index in [1.54, 1.807) is 7.11 Å². The molecule has 0 radical (unpaired) electrons. The van der Waals surface area contributed by atoms with E-state index >= 15 is 0 Å². The Hall–Kier alpha value is -1.92. The maximum Gasteiger partial charge on any atom is 0.247 e. The topological polar surface area (TPSA) is 71.6 Å². The van der Waals surface area contributed by atoms with Crippen LogP contribution in [0, 0.1) is 5.92 Å². The molecule has 0 aliphatic carbocycles. The van der Waals surface area contributed by atoms with E-state index < -0.39 is 0 Å². The molecular weight excluding hydrogens is 282 g/mol. The standard InChI is InChI=1S/C16H21N3O3/c1-11-7-8-19(9-14(11)20)10-15-17-18-16(22-15)12-3-5-13(21-2)6-4-12/h3-6,11,14,20H,7-10H2,1-2H3. The summed E-state index contributed by atoms with van der Waals surface area (Å²) in [6.07, 6.45) is 0.707. The van der Waals surface area contributed by atoms with Gasteiger partial charge in [-0.05, 0) is 43.1 Å². The number of hydrogen-bond acceptors (Lipinski definition) is 6. The molecule has 3 rings (SSSR count). The van der Waals surface area contributed by atoms with Gasteiger partial charge in [0.25, 0.3) is 0 Å². The van der Waals surface area contributed by atoms with Gasteiger partial charge in [0.1, 0.15) is 5.75 Å². The largest absolute Gasteiger partial charge is 0.497 e. The van der Waals surface area contributed by atoms with E-state index in [0.29, 0.717) is 30.8 Å². The second-order valence-electron chi connectivity index (χ2n) is 5.80. The third-order valence-electron chi connectivity index (χ3n) is 4.17.